The third-order valence-corrected chi connectivity index (χ3v) is 5.18. The van der Waals surface area contributed by atoms with E-state index in [1.807, 2.05) is 49.4 Å². The second-order valence-electron chi connectivity index (χ2n) is 7.52. The van der Waals surface area contributed by atoms with E-state index in [1.54, 1.807) is 4.90 Å². The van der Waals surface area contributed by atoms with Crippen molar-refractivity contribution < 1.29 is 19.1 Å². The average Bonchev–Trinajstić information content (AvgIpc) is 2.70. The Morgan fingerprint density at radius 2 is 1.86 bits per heavy atom. The quantitative estimate of drug-likeness (QED) is 0.743. The Morgan fingerprint density at radius 1 is 1.14 bits per heavy atom. The molecule has 5 nitrogen and oxygen atoms in total. The van der Waals surface area contributed by atoms with Gasteiger partial charge in [-0.1, -0.05) is 50.2 Å². The molecule has 0 aromatic heterocycles. The van der Waals surface area contributed by atoms with Gasteiger partial charge in [0.15, 0.2) is 6.61 Å². The number of methoxy groups -OCH3 is 1. The summed E-state index contributed by atoms with van der Waals surface area (Å²) >= 11 is 0. The number of esters is 1. The Labute approximate surface area is 166 Å². The first kappa shape index (κ1) is 19.9. The summed E-state index contributed by atoms with van der Waals surface area (Å²) in [5.74, 6) is 0.383. The van der Waals surface area contributed by atoms with Gasteiger partial charge in [0.2, 0.25) is 0 Å². The van der Waals surface area contributed by atoms with Gasteiger partial charge in [0, 0.05) is 13.0 Å². The third kappa shape index (κ3) is 4.19. The number of ether oxygens (including phenoxy) is 2. The molecule has 0 spiro atoms. The smallest absolute Gasteiger partial charge is 0.328 e. The zero-order chi connectivity index (χ0) is 20.3. The fraction of sp³-hybridized carbons (Fsp3) is 0.391. The minimum absolute atomic E-state index is 0.112. The Bertz CT molecular complexity index is 875. The van der Waals surface area contributed by atoms with Gasteiger partial charge in [-0.05, 0) is 41.2 Å². The zero-order valence-electron chi connectivity index (χ0n) is 16.9. The van der Waals surface area contributed by atoms with Crippen LogP contribution in [0.4, 0.5) is 0 Å². The summed E-state index contributed by atoms with van der Waals surface area (Å²) < 4.78 is 10.8. The molecule has 0 saturated heterocycles. The second-order valence-corrected chi connectivity index (χ2v) is 7.52. The number of rotatable bonds is 5. The van der Waals surface area contributed by atoms with Crippen LogP contribution < -0.4 is 4.74 Å². The van der Waals surface area contributed by atoms with Gasteiger partial charge in [-0.2, -0.15) is 0 Å². The first-order valence-electron chi connectivity index (χ1n) is 9.58. The van der Waals surface area contributed by atoms with E-state index in [1.165, 1.54) is 7.11 Å². The number of fused-ring (bicyclic) bond motifs is 1. The molecular weight excluding hydrogens is 354 g/mol. The molecule has 28 heavy (non-hydrogen) atoms. The summed E-state index contributed by atoms with van der Waals surface area (Å²) in [5.41, 5.74) is 4.26. The SMILES string of the molecule is COC(=O)[C@@H]1Cc2ccccc2CN1C(=O)COc1cc(C)ccc1C(C)C. The lowest BCUT2D eigenvalue weighted by Gasteiger charge is -2.35. The molecule has 3 rings (SSSR count). The van der Waals surface area contributed by atoms with Gasteiger partial charge in [0.1, 0.15) is 11.8 Å². The number of carbonyl (C=O) groups excluding carboxylic acids is 2. The molecule has 1 aliphatic rings. The minimum atomic E-state index is -0.627. The maximum atomic E-state index is 13.0. The van der Waals surface area contributed by atoms with Crippen LogP contribution in [0.3, 0.4) is 0 Å². The summed E-state index contributed by atoms with van der Waals surface area (Å²) in [5, 5.41) is 0. The molecular formula is C23H27NO4. The largest absolute Gasteiger partial charge is 0.483 e. The molecule has 0 fully saturated rings. The average molecular weight is 381 g/mol. The minimum Gasteiger partial charge on any atom is -0.483 e. The number of nitrogens with zero attached hydrogens (tertiary/aromatic N) is 1. The zero-order valence-corrected chi connectivity index (χ0v) is 16.9. The van der Waals surface area contributed by atoms with Gasteiger partial charge >= 0.3 is 5.97 Å². The molecule has 0 N–H and O–H groups in total. The van der Waals surface area contributed by atoms with Crippen LogP contribution in [0.15, 0.2) is 42.5 Å². The summed E-state index contributed by atoms with van der Waals surface area (Å²) in [4.78, 5) is 26.8. The highest BCUT2D eigenvalue weighted by Crippen LogP contribution is 2.28. The van der Waals surface area contributed by atoms with Gasteiger partial charge in [-0.25, -0.2) is 4.79 Å². The van der Waals surface area contributed by atoms with Gasteiger partial charge in [0.05, 0.1) is 7.11 Å². The Hall–Kier alpha value is -2.82. The maximum Gasteiger partial charge on any atom is 0.328 e. The van der Waals surface area contributed by atoms with Crippen molar-refractivity contribution in [3.63, 3.8) is 0 Å². The number of carbonyl (C=O) groups is 2. The molecule has 148 valence electrons. The molecule has 5 heteroatoms. The van der Waals surface area contributed by atoms with Crippen molar-refractivity contribution in [2.75, 3.05) is 13.7 Å². The summed E-state index contributed by atoms with van der Waals surface area (Å²) in [6, 6.07) is 13.3. The van der Waals surface area contributed by atoms with Crippen LogP contribution in [-0.4, -0.2) is 36.5 Å². The van der Waals surface area contributed by atoms with Crippen LogP contribution in [0.5, 0.6) is 5.75 Å². The van der Waals surface area contributed by atoms with Crippen LogP contribution >= 0.6 is 0 Å². The van der Waals surface area contributed by atoms with Crippen LogP contribution in [0, 0.1) is 6.92 Å². The third-order valence-electron chi connectivity index (χ3n) is 5.18. The maximum absolute atomic E-state index is 13.0. The first-order chi connectivity index (χ1) is 13.4. The van der Waals surface area contributed by atoms with E-state index in [4.69, 9.17) is 9.47 Å². The highest BCUT2D eigenvalue weighted by molar-refractivity contribution is 5.86. The molecule has 0 bridgehead atoms. The fourth-order valence-corrected chi connectivity index (χ4v) is 3.60. The van der Waals surface area contributed by atoms with E-state index in [-0.39, 0.29) is 18.4 Å². The number of hydrogen-bond donors (Lipinski definition) is 0. The molecule has 1 heterocycles. The van der Waals surface area contributed by atoms with Gasteiger partial charge in [-0.3, -0.25) is 4.79 Å². The molecule has 0 radical (unpaired) electrons. The molecule has 0 saturated carbocycles. The van der Waals surface area contributed by atoms with Crippen LogP contribution in [-0.2, 0) is 27.3 Å². The van der Waals surface area contributed by atoms with E-state index in [2.05, 4.69) is 13.8 Å². The van der Waals surface area contributed by atoms with E-state index < -0.39 is 12.0 Å². The predicted molar refractivity (Wildman–Crippen MR) is 107 cm³/mol. The Morgan fingerprint density at radius 3 is 2.54 bits per heavy atom. The summed E-state index contributed by atoms with van der Waals surface area (Å²) in [6.45, 7) is 6.44. The monoisotopic (exact) mass is 381 g/mol. The predicted octanol–water partition coefficient (Wildman–Crippen LogP) is 3.62. The van der Waals surface area contributed by atoms with Gasteiger partial charge in [-0.15, -0.1) is 0 Å². The van der Waals surface area contributed by atoms with Gasteiger partial charge in [0.25, 0.3) is 5.91 Å². The molecule has 1 amide bonds. The van der Waals surface area contributed by atoms with Crippen molar-refractivity contribution in [2.45, 2.75) is 45.7 Å². The van der Waals surface area contributed by atoms with Crippen molar-refractivity contribution in [2.24, 2.45) is 0 Å². The highest BCUT2D eigenvalue weighted by Gasteiger charge is 2.35. The van der Waals surface area contributed by atoms with E-state index in [9.17, 15) is 9.59 Å². The van der Waals surface area contributed by atoms with E-state index in [0.29, 0.717) is 13.0 Å². The van der Waals surface area contributed by atoms with E-state index >= 15 is 0 Å². The lowest BCUT2D eigenvalue weighted by atomic mass is 9.94. The first-order valence-corrected chi connectivity index (χ1v) is 9.58. The second kappa shape index (κ2) is 8.46. The fourth-order valence-electron chi connectivity index (χ4n) is 3.60. The van der Waals surface area contributed by atoms with Crippen molar-refractivity contribution in [1.82, 2.24) is 4.90 Å². The Kier molecular flexibility index (Phi) is 6.02. The molecule has 2 aromatic carbocycles. The van der Waals surface area contributed by atoms with Gasteiger partial charge < -0.3 is 14.4 Å². The standard InChI is InChI=1S/C23H27NO4/c1-15(2)19-10-9-16(3)11-21(19)28-14-22(25)24-13-18-8-6-5-7-17(18)12-20(24)23(26)27-4/h5-11,15,20H,12-14H2,1-4H3/t20-/m0/s1. The lowest BCUT2D eigenvalue weighted by Crippen LogP contribution is -2.50. The molecule has 1 atom stereocenters. The van der Waals surface area contributed by atoms with E-state index in [0.717, 1.165) is 28.0 Å². The Balaban J connectivity index is 1.79. The highest BCUT2D eigenvalue weighted by atomic mass is 16.5. The number of benzene rings is 2. The molecule has 0 unspecified atom stereocenters. The molecule has 2 aromatic rings. The molecule has 0 aliphatic carbocycles. The van der Waals surface area contributed by atoms with Crippen molar-refractivity contribution in [3.05, 3.63) is 64.7 Å². The van der Waals surface area contributed by atoms with Crippen molar-refractivity contribution in [3.8, 4) is 5.75 Å². The number of hydrogen-bond acceptors (Lipinski definition) is 4. The topological polar surface area (TPSA) is 55.8 Å². The van der Waals surface area contributed by atoms with Crippen LogP contribution in [0.1, 0.15) is 42.0 Å². The summed E-state index contributed by atoms with van der Waals surface area (Å²) in [7, 11) is 1.35. The van der Waals surface area contributed by atoms with Crippen LogP contribution in [0.25, 0.3) is 0 Å². The molecule has 1 aliphatic heterocycles. The number of amides is 1. The number of aryl methyl sites for hydroxylation is 1. The van der Waals surface area contributed by atoms with Crippen molar-refractivity contribution in [1.29, 1.82) is 0 Å². The van der Waals surface area contributed by atoms with Crippen molar-refractivity contribution >= 4 is 11.9 Å². The normalized spacial score (nSPS) is 15.9. The lowest BCUT2D eigenvalue weighted by molar-refractivity contribution is -0.154. The summed E-state index contributed by atoms with van der Waals surface area (Å²) in [6.07, 6.45) is 0.455. The van der Waals surface area contributed by atoms with Crippen LogP contribution in [0.2, 0.25) is 0 Å².